The number of ether oxygens (including phenoxy) is 1. The van der Waals surface area contributed by atoms with Gasteiger partial charge in [-0.25, -0.2) is 4.39 Å². The fraction of sp³-hybridized carbons (Fsp3) is 0.250. The van der Waals surface area contributed by atoms with Gasteiger partial charge in [-0.15, -0.1) is 0 Å². The zero-order valence-electron chi connectivity index (χ0n) is 11.3. The van der Waals surface area contributed by atoms with Gasteiger partial charge in [0.2, 0.25) is 0 Å². The van der Waals surface area contributed by atoms with Crippen LogP contribution in [0.1, 0.15) is 29.7 Å². The number of aliphatic hydroxyl groups excluding tert-OH is 1. The highest BCUT2D eigenvalue weighted by molar-refractivity contribution is 5.40. The number of halogens is 1. The summed E-state index contributed by atoms with van der Waals surface area (Å²) in [5.41, 5.74) is 2.62. The fourth-order valence-corrected chi connectivity index (χ4v) is 1.89. The minimum atomic E-state index is -0.690. The van der Waals surface area contributed by atoms with Crippen molar-refractivity contribution in [3.8, 4) is 11.5 Å². The van der Waals surface area contributed by atoms with Crippen LogP contribution in [0.3, 0.4) is 0 Å². The molecule has 0 amide bonds. The summed E-state index contributed by atoms with van der Waals surface area (Å²) in [5, 5.41) is 9.40. The molecule has 100 valence electrons. The monoisotopic (exact) mass is 260 g/mol. The van der Waals surface area contributed by atoms with Crippen LogP contribution in [0.4, 0.5) is 4.39 Å². The lowest BCUT2D eigenvalue weighted by Gasteiger charge is -2.12. The maximum Gasteiger partial charge on any atom is 0.166 e. The Kier molecular flexibility index (Phi) is 3.86. The van der Waals surface area contributed by atoms with Crippen molar-refractivity contribution in [3.05, 3.63) is 58.9 Å². The number of aryl methyl sites for hydroxylation is 2. The van der Waals surface area contributed by atoms with Crippen LogP contribution in [0.2, 0.25) is 0 Å². The average Bonchev–Trinajstić information content (AvgIpc) is 2.34. The second kappa shape index (κ2) is 5.41. The van der Waals surface area contributed by atoms with E-state index >= 15 is 0 Å². The van der Waals surface area contributed by atoms with E-state index in [-0.39, 0.29) is 5.75 Å². The molecule has 2 aromatic rings. The van der Waals surface area contributed by atoms with Crippen molar-refractivity contribution in [2.24, 2.45) is 0 Å². The molecular weight excluding hydrogens is 243 g/mol. The van der Waals surface area contributed by atoms with Crippen LogP contribution in [0, 0.1) is 19.7 Å². The molecule has 0 heterocycles. The maximum absolute atomic E-state index is 13.9. The molecule has 0 unspecified atom stereocenters. The molecule has 3 heteroatoms. The molecule has 0 saturated carbocycles. The summed E-state index contributed by atoms with van der Waals surface area (Å²) in [6.07, 6.45) is -0.690. The van der Waals surface area contributed by atoms with Crippen LogP contribution in [-0.2, 0) is 0 Å². The van der Waals surface area contributed by atoms with Crippen LogP contribution < -0.4 is 4.74 Å². The van der Waals surface area contributed by atoms with Gasteiger partial charge in [0.05, 0.1) is 6.10 Å². The Balaban J connectivity index is 2.28. The highest BCUT2D eigenvalue weighted by Crippen LogP contribution is 2.29. The minimum Gasteiger partial charge on any atom is -0.454 e. The van der Waals surface area contributed by atoms with Crippen LogP contribution in [0.5, 0.6) is 11.5 Å². The summed E-state index contributed by atoms with van der Waals surface area (Å²) < 4.78 is 19.4. The molecule has 2 aromatic carbocycles. The second-order valence-electron chi connectivity index (χ2n) is 4.74. The SMILES string of the molecule is Cc1ccc(Oc2ccc([C@@H](C)O)cc2F)c(C)c1. The van der Waals surface area contributed by atoms with Gasteiger partial charge in [-0.2, -0.15) is 0 Å². The molecule has 0 aliphatic rings. The Bertz CT molecular complexity index is 591. The molecular formula is C16H17FO2. The molecule has 0 spiro atoms. The third kappa shape index (κ3) is 3.12. The van der Waals surface area contributed by atoms with Crippen molar-refractivity contribution in [3.63, 3.8) is 0 Å². The quantitative estimate of drug-likeness (QED) is 0.892. The van der Waals surface area contributed by atoms with Crippen molar-refractivity contribution in [1.82, 2.24) is 0 Å². The third-order valence-corrected chi connectivity index (χ3v) is 2.99. The lowest BCUT2D eigenvalue weighted by molar-refractivity contribution is 0.198. The van der Waals surface area contributed by atoms with Crippen molar-refractivity contribution in [1.29, 1.82) is 0 Å². The van der Waals surface area contributed by atoms with Gasteiger partial charge in [0.25, 0.3) is 0 Å². The van der Waals surface area contributed by atoms with Crippen molar-refractivity contribution >= 4 is 0 Å². The molecule has 0 radical (unpaired) electrons. The van der Waals surface area contributed by atoms with E-state index in [9.17, 15) is 9.50 Å². The Hall–Kier alpha value is -1.87. The van der Waals surface area contributed by atoms with Gasteiger partial charge in [-0.3, -0.25) is 0 Å². The molecule has 1 N–H and O–H groups in total. The van der Waals surface area contributed by atoms with Crippen LogP contribution in [0.25, 0.3) is 0 Å². The van der Waals surface area contributed by atoms with E-state index in [0.717, 1.165) is 11.1 Å². The Labute approximate surface area is 112 Å². The van der Waals surface area contributed by atoms with Gasteiger partial charge in [-0.05, 0) is 50.1 Å². The summed E-state index contributed by atoms with van der Waals surface area (Å²) in [5.74, 6) is 0.323. The molecule has 2 rings (SSSR count). The van der Waals surface area contributed by atoms with Gasteiger partial charge in [0.15, 0.2) is 11.6 Å². The second-order valence-corrected chi connectivity index (χ2v) is 4.74. The molecule has 19 heavy (non-hydrogen) atoms. The lowest BCUT2D eigenvalue weighted by atomic mass is 10.1. The van der Waals surface area contributed by atoms with Crippen LogP contribution in [0.15, 0.2) is 36.4 Å². The van der Waals surface area contributed by atoms with Gasteiger partial charge in [-0.1, -0.05) is 23.8 Å². The highest BCUT2D eigenvalue weighted by Gasteiger charge is 2.10. The predicted molar refractivity (Wildman–Crippen MR) is 73.0 cm³/mol. The molecule has 0 aliphatic carbocycles. The van der Waals surface area contributed by atoms with Crippen LogP contribution >= 0.6 is 0 Å². The number of hydrogen-bond acceptors (Lipinski definition) is 2. The van der Waals surface area contributed by atoms with Gasteiger partial charge in [0, 0.05) is 0 Å². The first-order valence-electron chi connectivity index (χ1n) is 6.20. The predicted octanol–water partition coefficient (Wildman–Crippen LogP) is 4.29. The molecule has 0 fully saturated rings. The van der Waals surface area contributed by atoms with Crippen LogP contribution in [-0.4, -0.2) is 5.11 Å². The maximum atomic E-state index is 13.9. The summed E-state index contributed by atoms with van der Waals surface area (Å²) in [4.78, 5) is 0. The Morgan fingerprint density at radius 3 is 2.32 bits per heavy atom. The lowest BCUT2D eigenvalue weighted by Crippen LogP contribution is -1.95. The average molecular weight is 260 g/mol. The smallest absolute Gasteiger partial charge is 0.166 e. The van der Waals surface area contributed by atoms with E-state index in [0.29, 0.717) is 11.3 Å². The van der Waals surface area contributed by atoms with Gasteiger partial charge < -0.3 is 9.84 Å². The van der Waals surface area contributed by atoms with Gasteiger partial charge >= 0.3 is 0 Å². The summed E-state index contributed by atoms with van der Waals surface area (Å²) in [6, 6.07) is 10.2. The van der Waals surface area contributed by atoms with E-state index < -0.39 is 11.9 Å². The van der Waals surface area contributed by atoms with Crippen molar-refractivity contribution in [2.45, 2.75) is 26.9 Å². The molecule has 0 saturated heterocycles. The molecule has 0 aromatic heterocycles. The third-order valence-electron chi connectivity index (χ3n) is 2.99. The number of rotatable bonds is 3. The molecule has 0 aliphatic heterocycles. The number of hydrogen-bond donors (Lipinski definition) is 1. The largest absolute Gasteiger partial charge is 0.454 e. The van der Waals surface area contributed by atoms with E-state index in [4.69, 9.17) is 4.74 Å². The van der Waals surface area contributed by atoms with Gasteiger partial charge in [0.1, 0.15) is 5.75 Å². The molecule has 1 atom stereocenters. The van der Waals surface area contributed by atoms with E-state index in [1.165, 1.54) is 12.1 Å². The Morgan fingerprint density at radius 2 is 1.74 bits per heavy atom. The van der Waals surface area contributed by atoms with E-state index in [2.05, 4.69) is 0 Å². The highest BCUT2D eigenvalue weighted by atomic mass is 19.1. The summed E-state index contributed by atoms with van der Waals surface area (Å²) in [7, 11) is 0. The first kappa shape index (κ1) is 13.6. The normalized spacial score (nSPS) is 12.3. The first-order valence-corrected chi connectivity index (χ1v) is 6.20. The standard InChI is InChI=1S/C16H17FO2/c1-10-4-6-15(11(2)8-10)19-16-7-5-13(12(3)18)9-14(16)17/h4-9,12,18H,1-3H3/t12-/m1/s1. The topological polar surface area (TPSA) is 29.5 Å². The molecule has 2 nitrogen and oxygen atoms in total. The van der Waals surface area contributed by atoms with E-state index in [1.54, 1.807) is 13.0 Å². The first-order chi connectivity index (χ1) is 8.97. The summed E-state index contributed by atoms with van der Waals surface area (Å²) in [6.45, 7) is 5.51. The zero-order chi connectivity index (χ0) is 14.0. The molecule has 0 bridgehead atoms. The Morgan fingerprint density at radius 1 is 1.05 bits per heavy atom. The summed E-state index contributed by atoms with van der Waals surface area (Å²) >= 11 is 0. The zero-order valence-corrected chi connectivity index (χ0v) is 11.3. The number of benzene rings is 2. The fourth-order valence-electron chi connectivity index (χ4n) is 1.89. The van der Waals surface area contributed by atoms with Crippen molar-refractivity contribution < 1.29 is 14.2 Å². The minimum absolute atomic E-state index is 0.163. The van der Waals surface area contributed by atoms with Crippen molar-refractivity contribution in [2.75, 3.05) is 0 Å². The number of aliphatic hydroxyl groups is 1. The van der Waals surface area contributed by atoms with E-state index in [1.807, 2.05) is 32.0 Å².